The lowest BCUT2D eigenvalue weighted by Crippen LogP contribution is -2.35. The molecule has 36 heavy (non-hydrogen) atoms. The minimum absolute atomic E-state index is 0.0703. The van der Waals surface area contributed by atoms with Gasteiger partial charge in [-0.15, -0.1) is 0 Å². The maximum absolute atomic E-state index is 14.4. The van der Waals surface area contributed by atoms with Crippen molar-refractivity contribution in [2.75, 3.05) is 18.4 Å². The van der Waals surface area contributed by atoms with Crippen molar-refractivity contribution in [3.05, 3.63) is 63.2 Å². The van der Waals surface area contributed by atoms with Crippen molar-refractivity contribution >= 4 is 45.8 Å². The van der Waals surface area contributed by atoms with Gasteiger partial charge in [-0.25, -0.2) is 19.2 Å². The van der Waals surface area contributed by atoms with Gasteiger partial charge in [0.25, 0.3) is 5.69 Å². The SMILES string of the molecule is CC(C)(C)OC(=O)N1CCC(C#Cc2cc3ncnc(Nc4cccc(Cl)c4F)c3cc2[N+](=O)[O-])C1. The van der Waals surface area contributed by atoms with E-state index in [-0.39, 0.29) is 33.7 Å². The third kappa shape index (κ3) is 5.63. The number of hydrogen-bond acceptors (Lipinski definition) is 7. The molecule has 0 aliphatic carbocycles. The van der Waals surface area contributed by atoms with Gasteiger partial charge in [-0.05, 0) is 45.4 Å². The molecule has 186 valence electrons. The van der Waals surface area contributed by atoms with Gasteiger partial charge in [0.15, 0.2) is 5.82 Å². The van der Waals surface area contributed by atoms with Gasteiger partial charge in [0.05, 0.1) is 21.2 Å². The van der Waals surface area contributed by atoms with Crippen LogP contribution in [0.1, 0.15) is 32.8 Å². The number of rotatable bonds is 3. The Hall–Kier alpha value is -3.97. The van der Waals surface area contributed by atoms with Crippen LogP contribution in [0.25, 0.3) is 10.9 Å². The minimum Gasteiger partial charge on any atom is -0.444 e. The molecule has 0 saturated carbocycles. The largest absolute Gasteiger partial charge is 0.444 e. The van der Waals surface area contributed by atoms with Crippen molar-refractivity contribution in [1.29, 1.82) is 0 Å². The average Bonchev–Trinajstić information content (AvgIpc) is 3.28. The van der Waals surface area contributed by atoms with Crippen LogP contribution in [-0.4, -0.2) is 44.6 Å². The zero-order valence-electron chi connectivity index (χ0n) is 19.8. The van der Waals surface area contributed by atoms with E-state index >= 15 is 0 Å². The zero-order valence-corrected chi connectivity index (χ0v) is 20.6. The number of benzene rings is 2. The lowest BCUT2D eigenvalue weighted by molar-refractivity contribution is -0.385. The number of nitro benzene ring substituents is 1. The van der Waals surface area contributed by atoms with Crippen molar-refractivity contribution in [2.45, 2.75) is 32.8 Å². The van der Waals surface area contributed by atoms with E-state index in [4.69, 9.17) is 16.3 Å². The van der Waals surface area contributed by atoms with E-state index < -0.39 is 22.4 Å². The van der Waals surface area contributed by atoms with Crippen molar-refractivity contribution in [1.82, 2.24) is 14.9 Å². The van der Waals surface area contributed by atoms with E-state index in [1.165, 1.54) is 30.6 Å². The number of hydrogen-bond donors (Lipinski definition) is 1. The molecule has 1 aliphatic rings. The average molecular weight is 512 g/mol. The predicted molar refractivity (Wildman–Crippen MR) is 134 cm³/mol. The van der Waals surface area contributed by atoms with Gasteiger partial charge in [0.2, 0.25) is 0 Å². The van der Waals surface area contributed by atoms with E-state index in [1.807, 2.05) is 0 Å². The van der Waals surface area contributed by atoms with Gasteiger partial charge < -0.3 is 15.0 Å². The second kappa shape index (κ2) is 9.95. The number of ether oxygens (including phenoxy) is 1. The fourth-order valence-electron chi connectivity index (χ4n) is 3.72. The Kier molecular flexibility index (Phi) is 6.95. The number of likely N-dealkylation sites (tertiary alicyclic amines) is 1. The molecule has 2 heterocycles. The molecule has 1 unspecified atom stereocenters. The van der Waals surface area contributed by atoms with Crippen LogP contribution in [0, 0.1) is 33.7 Å². The summed E-state index contributed by atoms with van der Waals surface area (Å²) in [6.45, 7) is 6.27. The molecule has 1 atom stereocenters. The molecule has 0 spiro atoms. The fraction of sp³-hybridized carbons (Fsp3) is 0.320. The Morgan fingerprint density at radius 1 is 1.33 bits per heavy atom. The van der Waals surface area contributed by atoms with Crippen molar-refractivity contribution < 1.29 is 18.8 Å². The molecule has 2 aromatic carbocycles. The highest BCUT2D eigenvalue weighted by Gasteiger charge is 2.29. The Morgan fingerprint density at radius 3 is 2.83 bits per heavy atom. The van der Waals surface area contributed by atoms with Crippen LogP contribution in [0.4, 0.5) is 26.4 Å². The van der Waals surface area contributed by atoms with E-state index in [9.17, 15) is 19.3 Å². The lowest BCUT2D eigenvalue weighted by Gasteiger charge is -2.24. The number of carbonyl (C=O) groups is 1. The summed E-state index contributed by atoms with van der Waals surface area (Å²) in [5, 5.41) is 14.9. The van der Waals surface area contributed by atoms with Gasteiger partial charge in [0.1, 0.15) is 23.3 Å². The third-order valence-electron chi connectivity index (χ3n) is 5.41. The molecule has 1 aromatic heterocycles. The first-order valence-corrected chi connectivity index (χ1v) is 11.5. The first kappa shape index (κ1) is 25.1. The Morgan fingerprint density at radius 2 is 2.11 bits per heavy atom. The molecule has 1 aliphatic heterocycles. The molecule has 3 aromatic rings. The van der Waals surface area contributed by atoms with E-state index in [2.05, 4.69) is 27.1 Å². The topological polar surface area (TPSA) is 110 Å². The van der Waals surface area contributed by atoms with Crippen molar-refractivity contribution in [3.8, 4) is 11.8 Å². The first-order chi connectivity index (χ1) is 17.0. The highest BCUT2D eigenvalue weighted by Crippen LogP contribution is 2.31. The number of halogens is 2. The Balaban J connectivity index is 1.62. The van der Waals surface area contributed by atoms with E-state index in [0.717, 1.165) is 0 Å². The highest BCUT2D eigenvalue weighted by atomic mass is 35.5. The lowest BCUT2D eigenvalue weighted by atomic mass is 10.1. The minimum atomic E-state index is -0.667. The fourth-order valence-corrected chi connectivity index (χ4v) is 3.90. The summed E-state index contributed by atoms with van der Waals surface area (Å²) in [5.41, 5.74) is -0.180. The summed E-state index contributed by atoms with van der Waals surface area (Å²) in [4.78, 5) is 33.5. The number of fused-ring (bicyclic) bond motifs is 1. The summed E-state index contributed by atoms with van der Waals surface area (Å²) in [6.07, 6.45) is 1.50. The normalized spacial score (nSPS) is 15.4. The van der Waals surface area contributed by atoms with Crippen LogP contribution in [-0.2, 0) is 4.74 Å². The first-order valence-electron chi connectivity index (χ1n) is 11.2. The third-order valence-corrected chi connectivity index (χ3v) is 5.70. The number of anilines is 2. The quantitative estimate of drug-likeness (QED) is 0.273. The summed E-state index contributed by atoms with van der Waals surface area (Å²) >= 11 is 5.85. The molecule has 11 heteroatoms. The van der Waals surface area contributed by atoms with Gasteiger partial charge in [-0.3, -0.25) is 10.1 Å². The standard InChI is InChI=1S/C25H23ClFN5O4/c1-25(2,3)36-24(33)31-10-9-15(13-31)7-8-16-11-20-17(12-21(16)32(34)35)23(29-14-28-20)30-19-6-4-5-18(26)22(19)27/h4-6,11-12,14-15H,9-10,13H2,1-3H3,(H,28,29,30). The second-order valence-electron chi connectivity index (χ2n) is 9.27. The second-order valence-corrected chi connectivity index (χ2v) is 9.68. The summed E-state index contributed by atoms with van der Waals surface area (Å²) in [6, 6.07) is 7.27. The molecular weight excluding hydrogens is 489 g/mol. The number of nitrogens with zero attached hydrogens (tertiary/aromatic N) is 4. The van der Waals surface area contributed by atoms with Crippen LogP contribution in [0.3, 0.4) is 0 Å². The molecule has 1 saturated heterocycles. The number of nitrogens with one attached hydrogen (secondary N) is 1. The smallest absolute Gasteiger partial charge is 0.410 e. The van der Waals surface area contributed by atoms with Crippen LogP contribution in [0.15, 0.2) is 36.7 Å². The van der Waals surface area contributed by atoms with E-state index in [1.54, 1.807) is 31.7 Å². The van der Waals surface area contributed by atoms with Crippen LogP contribution >= 0.6 is 11.6 Å². The van der Waals surface area contributed by atoms with Gasteiger partial charge in [-0.2, -0.15) is 0 Å². The summed E-state index contributed by atoms with van der Waals surface area (Å²) < 4.78 is 19.8. The molecule has 0 bridgehead atoms. The molecule has 1 N–H and O–H groups in total. The molecule has 9 nitrogen and oxygen atoms in total. The number of amides is 1. The van der Waals surface area contributed by atoms with Gasteiger partial charge in [0, 0.05) is 30.5 Å². The summed E-state index contributed by atoms with van der Waals surface area (Å²) in [7, 11) is 0. The maximum Gasteiger partial charge on any atom is 0.410 e. The molecular formula is C25H23ClFN5O4. The van der Waals surface area contributed by atoms with Gasteiger partial charge in [-0.1, -0.05) is 29.5 Å². The van der Waals surface area contributed by atoms with Gasteiger partial charge >= 0.3 is 6.09 Å². The summed E-state index contributed by atoms with van der Waals surface area (Å²) in [5.74, 6) is 5.31. The molecule has 1 fully saturated rings. The van der Waals surface area contributed by atoms with Crippen molar-refractivity contribution in [3.63, 3.8) is 0 Å². The van der Waals surface area contributed by atoms with Crippen molar-refractivity contribution in [2.24, 2.45) is 5.92 Å². The Bertz CT molecular complexity index is 1410. The zero-order chi connectivity index (χ0) is 26.0. The molecule has 0 radical (unpaired) electrons. The van der Waals surface area contributed by atoms with Crippen LogP contribution in [0.5, 0.6) is 0 Å². The molecule has 4 rings (SSSR count). The Labute approximate surface area is 211 Å². The van der Waals surface area contributed by atoms with Crippen LogP contribution in [0.2, 0.25) is 5.02 Å². The highest BCUT2D eigenvalue weighted by molar-refractivity contribution is 6.31. The monoisotopic (exact) mass is 511 g/mol. The number of aromatic nitrogens is 2. The van der Waals surface area contributed by atoms with E-state index in [0.29, 0.717) is 30.4 Å². The molecule has 1 amide bonds. The van der Waals surface area contributed by atoms with Crippen LogP contribution < -0.4 is 5.32 Å². The predicted octanol–water partition coefficient (Wildman–Crippen LogP) is 5.68. The number of nitro groups is 1. The number of carbonyl (C=O) groups excluding carboxylic acids is 1. The maximum atomic E-state index is 14.4.